The van der Waals surface area contributed by atoms with Crippen molar-refractivity contribution in [3.8, 4) is 0 Å². The molecule has 2 aliphatic heterocycles. The number of halogens is 3. The molecule has 1 spiro atoms. The highest BCUT2D eigenvalue weighted by atomic mass is 32.2. The average molecular weight is 436 g/mol. The van der Waals surface area contributed by atoms with Gasteiger partial charge in [-0.25, -0.2) is 15.2 Å². The van der Waals surface area contributed by atoms with E-state index in [4.69, 9.17) is 16.8 Å². The molecule has 0 aromatic heterocycles. The maximum Gasteiger partial charge on any atom is 0.417 e. The summed E-state index contributed by atoms with van der Waals surface area (Å²) >= 11 is 0. The molecule has 29 heavy (non-hydrogen) atoms. The lowest BCUT2D eigenvalue weighted by Gasteiger charge is -2.49. The van der Waals surface area contributed by atoms with E-state index in [-0.39, 0.29) is 16.8 Å². The highest BCUT2D eigenvalue weighted by Crippen LogP contribution is 2.41. The molecule has 2 saturated heterocycles. The molecular formula is C17H28F3N7OS. The fourth-order valence-electron chi connectivity index (χ4n) is 3.72. The zero-order chi connectivity index (χ0) is 21.8. The van der Waals surface area contributed by atoms with Crippen LogP contribution in [0.5, 0.6) is 0 Å². The highest BCUT2D eigenvalue weighted by molar-refractivity contribution is 7.82. The number of piperidine rings is 1. The molecule has 2 fully saturated rings. The Kier molecular flexibility index (Phi) is 7.49. The SMILES string of the molecule is CC.N/N=C(\NN)c1c(N2CCC3(CC2)CNC3)ccc(C(F)(F)F)c1S(N)=O. The van der Waals surface area contributed by atoms with Crippen LogP contribution in [0, 0.1) is 5.41 Å². The Morgan fingerprint density at radius 1 is 1.28 bits per heavy atom. The first-order chi connectivity index (χ1) is 13.7. The second-order valence-electron chi connectivity index (χ2n) is 6.84. The van der Waals surface area contributed by atoms with Crippen LogP contribution in [0.25, 0.3) is 0 Å². The van der Waals surface area contributed by atoms with Gasteiger partial charge in [-0.05, 0) is 30.4 Å². The Morgan fingerprint density at radius 3 is 2.24 bits per heavy atom. The second-order valence-corrected chi connectivity index (χ2v) is 7.85. The van der Waals surface area contributed by atoms with E-state index in [1.807, 2.05) is 18.7 Å². The van der Waals surface area contributed by atoms with Crippen molar-refractivity contribution in [1.29, 1.82) is 0 Å². The van der Waals surface area contributed by atoms with Gasteiger partial charge in [0.1, 0.15) is 11.0 Å². The third-order valence-electron chi connectivity index (χ3n) is 5.31. The van der Waals surface area contributed by atoms with Crippen LogP contribution in [0.1, 0.15) is 37.8 Å². The van der Waals surface area contributed by atoms with Gasteiger partial charge in [0, 0.05) is 31.9 Å². The van der Waals surface area contributed by atoms with Crippen molar-refractivity contribution in [2.24, 2.45) is 27.3 Å². The van der Waals surface area contributed by atoms with E-state index < -0.39 is 27.6 Å². The number of nitrogens with two attached hydrogens (primary N) is 3. The summed E-state index contributed by atoms with van der Waals surface area (Å²) in [6.07, 6.45) is -2.95. The molecule has 0 saturated carbocycles. The van der Waals surface area contributed by atoms with Crippen molar-refractivity contribution in [1.82, 2.24) is 10.7 Å². The number of benzene rings is 1. The standard InChI is InChI=1S/C15H22F3N7OS.C2H6/c16-15(17,18)9-1-2-10(11(12(9)27(21)26)13(23-19)24-20)25-5-3-14(4-6-25)7-22-8-14;1-2/h1-2,22H,3-8,19-21H2,(H,23,24);1-2H3. The molecule has 1 atom stereocenters. The van der Waals surface area contributed by atoms with Crippen molar-refractivity contribution in [3.63, 3.8) is 0 Å². The third-order valence-corrected chi connectivity index (χ3v) is 6.14. The molecule has 3 rings (SSSR count). The van der Waals surface area contributed by atoms with Crippen LogP contribution in [0.3, 0.4) is 0 Å². The fourth-order valence-corrected chi connectivity index (χ4v) is 4.53. The monoisotopic (exact) mass is 435 g/mol. The van der Waals surface area contributed by atoms with E-state index in [0.717, 1.165) is 32.0 Å². The van der Waals surface area contributed by atoms with E-state index in [9.17, 15) is 17.4 Å². The lowest BCUT2D eigenvalue weighted by atomic mass is 9.73. The number of nitrogens with one attached hydrogen (secondary N) is 2. The summed E-state index contributed by atoms with van der Waals surface area (Å²) in [5, 5.41) is 12.1. The van der Waals surface area contributed by atoms with Gasteiger partial charge in [-0.2, -0.15) is 18.3 Å². The molecule has 0 aliphatic carbocycles. The van der Waals surface area contributed by atoms with Crippen LogP contribution < -0.4 is 32.5 Å². The second kappa shape index (κ2) is 9.28. The number of anilines is 1. The van der Waals surface area contributed by atoms with Crippen LogP contribution in [0.4, 0.5) is 18.9 Å². The van der Waals surface area contributed by atoms with Crippen molar-refractivity contribution < 1.29 is 17.4 Å². The van der Waals surface area contributed by atoms with E-state index >= 15 is 0 Å². The molecule has 0 radical (unpaired) electrons. The molecule has 1 unspecified atom stereocenters. The molecule has 2 heterocycles. The van der Waals surface area contributed by atoms with Gasteiger partial charge < -0.3 is 21.5 Å². The molecule has 1 aromatic rings. The van der Waals surface area contributed by atoms with Gasteiger partial charge in [0.25, 0.3) is 0 Å². The lowest BCUT2D eigenvalue weighted by molar-refractivity contribution is -0.139. The first-order valence-corrected chi connectivity index (χ1v) is 10.5. The summed E-state index contributed by atoms with van der Waals surface area (Å²) in [5.74, 6) is 10.5. The molecule has 12 heteroatoms. The zero-order valence-electron chi connectivity index (χ0n) is 16.5. The van der Waals surface area contributed by atoms with E-state index in [1.54, 1.807) is 0 Å². The first kappa shape index (κ1) is 23.4. The number of amidine groups is 1. The predicted molar refractivity (Wildman–Crippen MR) is 108 cm³/mol. The Balaban J connectivity index is 0.00000145. The minimum atomic E-state index is -4.74. The van der Waals surface area contributed by atoms with Crippen LogP contribution in [-0.2, 0) is 17.2 Å². The topological polar surface area (TPSA) is 135 Å². The van der Waals surface area contributed by atoms with Gasteiger partial charge in [-0.1, -0.05) is 13.8 Å². The van der Waals surface area contributed by atoms with Gasteiger partial charge in [0.2, 0.25) is 0 Å². The molecular weight excluding hydrogens is 407 g/mol. The van der Waals surface area contributed by atoms with Crippen LogP contribution in [0.2, 0.25) is 0 Å². The molecule has 0 amide bonds. The molecule has 164 valence electrons. The summed E-state index contributed by atoms with van der Waals surface area (Å²) in [6.45, 7) is 7.16. The summed E-state index contributed by atoms with van der Waals surface area (Å²) < 4.78 is 52.4. The normalized spacial score (nSPS) is 19.8. The largest absolute Gasteiger partial charge is 0.417 e. The highest BCUT2D eigenvalue weighted by Gasteiger charge is 2.42. The van der Waals surface area contributed by atoms with Crippen molar-refractivity contribution in [2.45, 2.75) is 37.8 Å². The maximum absolute atomic E-state index is 13.5. The van der Waals surface area contributed by atoms with Gasteiger partial charge in [-0.3, -0.25) is 0 Å². The van der Waals surface area contributed by atoms with E-state index in [2.05, 4.69) is 15.8 Å². The molecule has 0 bridgehead atoms. The maximum atomic E-state index is 13.5. The number of hydrazone groups is 1. The number of alkyl halides is 3. The van der Waals surface area contributed by atoms with Gasteiger partial charge in [0.05, 0.1) is 16.0 Å². The summed E-state index contributed by atoms with van der Waals surface area (Å²) in [6, 6.07) is 2.22. The fraction of sp³-hybridized carbons (Fsp3) is 0.588. The van der Waals surface area contributed by atoms with Crippen LogP contribution in [0.15, 0.2) is 22.1 Å². The van der Waals surface area contributed by atoms with E-state index in [1.165, 1.54) is 6.07 Å². The Bertz CT molecular complexity index is 771. The number of rotatable bonds is 3. The zero-order valence-corrected chi connectivity index (χ0v) is 17.3. The average Bonchev–Trinajstić information content (AvgIpc) is 2.68. The van der Waals surface area contributed by atoms with Crippen LogP contribution >= 0.6 is 0 Å². The minimum Gasteiger partial charge on any atom is -0.371 e. The Labute approximate surface area is 170 Å². The number of hydrogen-bond donors (Lipinski definition) is 5. The van der Waals surface area contributed by atoms with Crippen LogP contribution in [-0.4, -0.2) is 36.2 Å². The van der Waals surface area contributed by atoms with Gasteiger partial charge >= 0.3 is 6.18 Å². The molecule has 2 aliphatic rings. The van der Waals surface area contributed by atoms with Crippen molar-refractivity contribution in [3.05, 3.63) is 23.3 Å². The predicted octanol–water partition coefficient (Wildman–Crippen LogP) is 0.986. The Hall–Kier alpha value is -1.89. The summed E-state index contributed by atoms with van der Waals surface area (Å²) in [4.78, 5) is 1.34. The van der Waals surface area contributed by atoms with E-state index in [0.29, 0.717) is 18.8 Å². The summed E-state index contributed by atoms with van der Waals surface area (Å²) in [5.41, 5.74) is 1.67. The number of nitrogens with zero attached hydrogens (tertiary/aromatic N) is 2. The van der Waals surface area contributed by atoms with Crippen molar-refractivity contribution >= 4 is 22.5 Å². The van der Waals surface area contributed by atoms with Gasteiger partial charge in [-0.15, -0.1) is 0 Å². The molecule has 1 aromatic carbocycles. The van der Waals surface area contributed by atoms with Gasteiger partial charge in [0.15, 0.2) is 5.84 Å². The number of hydrogen-bond acceptors (Lipinski definition) is 6. The molecule has 8 nitrogen and oxygen atoms in total. The first-order valence-electron chi connectivity index (χ1n) is 9.33. The number of hydrazine groups is 1. The quantitative estimate of drug-likeness (QED) is 0.208. The third kappa shape index (κ3) is 4.65. The Morgan fingerprint density at radius 2 is 1.86 bits per heavy atom. The minimum absolute atomic E-state index is 0.0849. The summed E-state index contributed by atoms with van der Waals surface area (Å²) in [7, 11) is -2.43. The van der Waals surface area contributed by atoms with Crippen molar-refractivity contribution in [2.75, 3.05) is 31.1 Å². The molecule has 8 N–H and O–H groups in total. The lowest BCUT2D eigenvalue weighted by Crippen LogP contribution is -2.58. The smallest absolute Gasteiger partial charge is 0.371 e.